The molecule has 0 bridgehead atoms. The van der Waals surface area contributed by atoms with Crippen LogP contribution in [0.3, 0.4) is 0 Å². The van der Waals surface area contributed by atoms with Gasteiger partial charge >= 0.3 is 4.87 Å². The second-order valence-electron chi connectivity index (χ2n) is 8.99. The second kappa shape index (κ2) is 9.32. The van der Waals surface area contributed by atoms with Crippen LogP contribution < -0.4 is 14.5 Å². The molecule has 2 aliphatic heterocycles. The number of amides is 2. The Hall–Kier alpha value is -3.69. The number of nitrogens with one attached hydrogen (secondary N) is 1. The van der Waals surface area contributed by atoms with Crippen molar-refractivity contribution in [3.8, 4) is 5.75 Å². The van der Waals surface area contributed by atoms with Gasteiger partial charge in [-0.2, -0.15) is 0 Å². The largest absolute Gasteiger partial charge is 0.489 e. The van der Waals surface area contributed by atoms with E-state index in [0.29, 0.717) is 27.9 Å². The van der Waals surface area contributed by atoms with Crippen molar-refractivity contribution >= 4 is 40.6 Å². The van der Waals surface area contributed by atoms with E-state index in [0.717, 1.165) is 32.9 Å². The van der Waals surface area contributed by atoms with Crippen molar-refractivity contribution in [3.05, 3.63) is 110 Å². The number of aromatic amines is 1. The summed E-state index contributed by atoms with van der Waals surface area (Å²) >= 11 is 2.26. The Morgan fingerprint density at radius 2 is 1.68 bits per heavy atom. The smallest absolute Gasteiger partial charge is 0.305 e. The number of thiazole rings is 1. The molecule has 6 rings (SSSR count). The zero-order chi connectivity index (χ0) is 25.7. The molecule has 6 nitrogen and oxygen atoms in total. The molecule has 1 aromatic heterocycles. The minimum Gasteiger partial charge on any atom is -0.489 e. The van der Waals surface area contributed by atoms with Crippen molar-refractivity contribution < 1.29 is 18.7 Å². The van der Waals surface area contributed by atoms with Crippen LogP contribution in [0.1, 0.15) is 27.5 Å². The zero-order valence-corrected chi connectivity index (χ0v) is 21.3. The average molecular weight is 533 g/mol. The Kier molecular flexibility index (Phi) is 5.97. The minimum atomic E-state index is -0.746. The maximum absolute atomic E-state index is 13.8. The molecule has 3 atom stereocenters. The number of hydrogen-bond donors (Lipinski definition) is 1. The maximum Gasteiger partial charge on any atom is 0.305 e. The lowest BCUT2D eigenvalue weighted by Gasteiger charge is -2.30. The number of hydrogen-bond acceptors (Lipinski definition) is 6. The molecular weight excluding hydrogens is 511 g/mol. The van der Waals surface area contributed by atoms with Crippen molar-refractivity contribution in [2.45, 2.75) is 29.7 Å². The number of halogens is 1. The van der Waals surface area contributed by atoms with Gasteiger partial charge in [0.05, 0.1) is 16.6 Å². The molecule has 3 aromatic carbocycles. The van der Waals surface area contributed by atoms with Gasteiger partial charge in [-0.15, -0.1) is 0 Å². The molecule has 0 unspecified atom stereocenters. The molecule has 1 N–H and O–H groups in total. The van der Waals surface area contributed by atoms with E-state index in [4.69, 9.17) is 4.74 Å². The Morgan fingerprint density at radius 1 is 0.946 bits per heavy atom. The fraction of sp³-hybridized carbons (Fsp3) is 0.179. The fourth-order valence-electron chi connectivity index (χ4n) is 4.99. The van der Waals surface area contributed by atoms with Crippen LogP contribution in [0.15, 0.2) is 82.6 Å². The number of H-pyrrole nitrogens is 1. The first-order chi connectivity index (χ1) is 17.9. The van der Waals surface area contributed by atoms with E-state index in [1.165, 1.54) is 36.0 Å². The molecular formula is C28H21FN2O4S2. The van der Waals surface area contributed by atoms with Crippen LogP contribution in [0.4, 0.5) is 10.1 Å². The predicted molar refractivity (Wildman–Crippen MR) is 141 cm³/mol. The van der Waals surface area contributed by atoms with Gasteiger partial charge in [-0.3, -0.25) is 14.4 Å². The van der Waals surface area contributed by atoms with Crippen molar-refractivity contribution in [1.29, 1.82) is 0 Å². The average Bonchev–Trinajstić information content (AvgIpc) is 3.39. The number of thioether (sulfide) groups is 1. The number of para-hydroxylation sites is 1. The third-order valence-corrected chi connectivity index (χ3v) is 9.21. The van der Waals surface area contributed by atoms with Gasteiger partial charge < -0.3 is 9.72 Å². The molecule has 1 saturated heterocycles. The molecule has 37 heavy (non-hydrogen) atoms. The summed E-state index contributed by atoms with van der Waals surface area (Å²) in [7, 11) is 0. The highest BCUT2D eigenvalue weighted by Gasteiger charge is 2.56. The molecule has 0 aliphatic carbocycles. The molecule has 2 amide bonds. The van der Waals surface area contributed by atoms with Gasteiger partial charge in [-0.05, 0) is 48.4 Å². The molecule has 0 spiro atoms. The third-order valence-electron chi connectivity index (χ3n) is 6.81. The van der Waals surface area contributed by atoms with Gasteiger partial charge in [0.25, 0.3) is 0 Å². The highest BCUT2D eigenvalue weighted by Crippen LogP contribution is 2.54. The molecule has 186 valence electrons. The summed E-state index contributed by atoms with van der Waals surface area (Å²) in [4.78, 5) is 44.2. The van der Waals surface area contributed by atoms with E-state index >= 15 is 0 Å². The normalized spacial score (nSPS) is 20.6. The monoisotopic (exact) mass is 532 g/mol. The first-order valence-corrected chi connectivity index (χ1v) is 13.4. The number of aromatic nitrogens is 1. The summed E-state index contributed by atoms with van der Waals surface area (Å²) in [6.45, 7) is 2.36. The summed E-state index contributed by atoms with van der Waals surface area (Å²) in [5.41, 5.74) is 3.21. The summed E-state index contributed by atoms with van der Waals surface area (Å²) in [5, 5.41) is -0.137. The van der Waals surface area contributed by atoms with Crippen LogP contribution in [-0.2, 0) is 16.2 Å². The number of carbonyl (C=O) groups excluding carboxylic acids is 2. The Bertz CT molecular complexity index is 1580. The molecule has 2 aliphatic rings. The number of fused-ring (bicyclic) bond motifs is 2. The van der Waals surface area contributed by atoms with E-state index in [1.807, 2.05) is 55.5 Å². The number of aryl methyl sites for hydroxylation is 1. The number of nitrogens with zero attached hydrogens (tertiary/aromatic N) is 1. The lowest BCUT2D eigenvalue weighted by atomic mass is 9.82. The highest BCUT2D eigenvalue weighted by molar-refractivity contribution is 8.00. The van der Waals surface area contributed by atoms with Gasteiger partial charge in [0.15, 0.2) is 0 Å². The van der Waals surface area contributed by atoms with E-state index < -0.39 is 22.9 Å². The first-order valence-electron chi connectivity index (χ1n) is 11.7. The number of carbonyl (C=O) groups is 2. The number of ether oxygens (including phenoxy) is 1. The van der Waals surface area contributed by atoms with Gasteiger partial charge in [0, 0.05) is 16.4 Å². The van der Waals surface area contributed by atoms with Crippen LogP contribution in [0.25, 0.3) is 0 Å². The van der Waals surface area contributed by atoms with Crippen molar-refractivity contribution in [2.75, 3.05) is 4.90 Å². The minimum absolute atomic E-state index is 0.240. The Labute approximate surface area is 220 Å². The van der Waals surface area contributed by atoms with Crippen molar-refractivity contribution in [1.82, 2.24) is 4.98 Å². The fourth-order valence-corrected chi connectivity index (χ4v) is 7.50. The molecule has 0 radical (unpaired) electrons. The molecule has 4 aromatic rings. The standard InChI is InChI=1S/C28H21FN2O4S2/c1-15-6-2-3-7-16(15)14-35-20-9-5-4-8-19(20)21-22-24(36-25-23(21)37-28(34)30-25)27(33)31(26(22)32)18-12-10-17(29)11-13-18/h2-13,21-22,24H,14H2,1H3,(H,30,34)/t21-,22-,24+/m0/s1. The van der Waals surface area contributed by atoms with Crippen LogP contribution in [0, 0.1) is 18.7 Å². The maximum atomic E-state index is 13.8. The van der Waals surface area contributed by atoms with Crippen LogP contribution >= 0.6 is 23.1 Å². The second-order valence-corrected chi connectivity index (χ2v) is 11.2. The van der Waals surface area contributed by atoms with E-state index in [-0.39, 0.29) is 16.7 Å². The van der Waals surface area contributed by atoms with Crippen LogP contribution in [0.2, 0.25) is 0 Å². The highest BCUT2D eigenvalue weighted by atomic mass is 32.2. The number of anilines is 1. The van der Waals surface area contributed by atoms with Crippen LogP contribution in [-0.4, -0.2) is 22.0 Å². The number of imide groups is 1. The van der Waals surface area contributed by atoms with E-state index in [9.17, 15) is 18.8 Å². The lowest BCUT2D eigenvalue weighted by molar-refractivity contribution is -0.122. The molecule has 1 fully saturated rings. The lowest BCUT2D eigenvalue weighted by Crippen LogP contribution is -2.32. The van der Waals surface area contributed by atoms with Gasteiger partial charge in [-0.25, -0.2) is 9.29 Å². The SMILES string of the molecule is Cc1ccccc1COc1ccccc1[C@@H]1c2sc(=O)[nH]c2S[C@H]2C(=O)N(c3ccc(F)cc3)C(=O)[C@@H]12. The molecule has 3 heterocycles. The summed E-state index contributed by atoms with van der Waals surface area (Å²) in [6.07, 6.45) is 0. The zero-order valence-electron chi connectivity index (χ0n) is 19.6. The Balaban J connectivity index is 1.43. The summed E-state index contributed by atoms with van der Waals surface area (Å²) in [5.74, 6) is -1.92. The summed E-state index contributed by atoms with van der Waals surface area (Å²) in [6, 6.07) is 20.7. The third kappa shape index (κ3) is 4.08. The van der Waals surface area contributed by atoms with E-state index in [2.05, 4.69) is 4.98 Å². The van der Waals surface area contributed by atoms with Crippen molar-refractivity contribution in [3.63, 3.8) is 0 Å². The van der Waals surface area contributed by atoms with Gasteiger partial charge in [0.1, 0.15) is 23.4 Å². The predicted octanol–water partition coefficient (Wildman–Crippen LogP) is 5.26. The Morgan fingerprint density at radius 3 is 2.46 bits per heavy atom. The van der Waals surface area contributed by atoms with Gasteiger partial charge in [-0.1, -0.05) is 65.6 Å². The first kappa shape index (κ1) is 23.7. The van der Waals surface area contributed by atoms with Crippen molar-refractivity contribution in [2.24, 2.45) is 5.92 Å². The van der Waals surface area contributed by atoms with Crippen LogP contribution in [0.5, 0.6) is 5.75 Å². The summed E-state index contributed by atoms with van der Waals surface area (Å²) < 4.78 is 19.8. The topological polar surface area (TPSA) is 79.5 Å². The van der Waals surface area contributed by atoms with E-state index in [1.54, 1.807) is 0 Å². The molecule has 9 heteroatoms. The van der Waals surface area contributed by atoms with Gasteiger partial charge in [0.2, 0.25) is 11.8 Å². The number of benzene rings is 3. The molecule has 0 saturated carbocycles. The quantitative estimate of drug-likeness (QED) is 0.355. The number of rotatable bonds is 5.